The van der Waals surface area contributed by atoms with Gasteiger partial charge < -0.3 is 4.74 Å². The molecule has 0 aromatic carbocycles. The third-order valence-corrected chi connectivity index (χ3v) is 5.16. The lowest BCUT2D eigenvalue weighted by molar-refractivity contribution is -0.00332. The summed E-state index contributed by atoms with van der Waals surface area (Å²) in [5, 5.41) is 0. The molecule has 0 aromatic rings. The summed E-state index contributed by atoms with van der Waals surface area (Å²) in [7, 11) is 0. The van der Waals surface area contributed by atoms with Gasteiger partial charge in [0.05, 0.1) is 0 Å². The van der Waals surface area contributed by atoms with E-state index >= 15 is 0 Å². The smallest absolute Gasteiger partial charge is 0.0472 e. The Balaban J connectivity index is 2.72. The van der Waals surface area contributed by atoms with Crippen LogP contribution in [0.25, 0.3) is 0 Å². The van der Waals surface area contributed by atoms with Crippen molar-refractivity contribution >= 4 is 12.6 Å². The molecule has 114 valence electrons. The minimum absolute atomic E-state index is 0.374. The topological polar surface area (TPSA) is 12.5 Å². The predicted molar refractivity (Wildman–Crippen MR) is 87.1 cm³/mol. The third kappa shape index (κ3) is 5.28. The number of ether oxygens (including phenoxy) is 1. The Morgan fingerprint density at radius 2 is 1.74 bits per heavy atom. The highest BCUT2D eigenvalue weighted by molar-refractivity contribution is 7.80. The predicted octanol–water partition coefficient (Wildman–Crippen LogP) is 3.86. The minimum Gasteiger partial charge on any atom is -0.381 e. The highest BCUT2D eigenvalue weighted by Crippen LogP contribution is 2.34. The summed E-state index contributed by atoms with van der Waals surface area (Å²) in [6, 6.07) is 0.724. The summed E-state index contributed by atoms with van der Waals surface area (Å²) in [6.45, 7) is 13.5. The molecule has 1 aliphatic heterocycles. The maximum absolute atomic E-state index is 5.55. The molecule has 0 aromatic heterocycles. The number of thiol groups is 1. The van der Waals surface area contributed by atoms with Gasteiger partial charge in [-0.1, -0.05) is 27.7 Å². The van der Waals surface area contributed by atoms with Crippen molar-refractivity contribution in [3.63, 3.8) is 0 Å². The van der Waals surface area contributed by atoms with Gasteiger partial charge >= 0.3 is 0 Å². The first-order valence-electron chi connectivity index (χ1n) is 7.99. The maximum Gasteiger partial charge on any atom is 0.0472 e. The molecule has 0 atom stereocenters. The fraction of sp³-hybridized carbons (Fsp3) is 1.00. The van der Waals surface area contributed by atoms with Gasteiger partial charge in [-0.15, -0.1) is 0 Å². The third-order valence-electron chi connectivity index (χ3n) is 4.49. The largest absolute Gasteiger partial charge is 0.381 e. The number of hydrogen-bond donors (Lipinski definition) is 1. The van der Waals surface area contributed by atoms with Crippen LogP contribution in [0.5, 0.6) is 0 Å². The average molecular weight is 288 g/mol. The van der Waals surface area contributed by atoms with Crippen LogP contribution in [0.4, 0.5) is 0 Å². The van der Waals surface area contributed by atoms with Gasteiger partial charge in [0.15, 0.2) is 0 Å². The van der Waals surface area contributed by atoms with Crippen LogP contribution in [0.1, 0.15) is 53.4 Å². The maximum atomic E-state index is 5.55. The van der Waals surface area contributed by atoms with E-state index in [0.717, 1.165) is 30.9 Å². The second-order valence-corrected chi connectivity index (χ2v) is 6.88. The van der Waals surface area contributed by atoms with Crippen LogP contribution in [-0.2, 0) is 4.74 Å². The first-order chi connectivity index (χ1) is 9.06. The molecule has 0 N–H and O–H groups in total. The van der Waals surface area contributed by atoms with Crippen molar-refractivity contribution in [2.45, 2.75) is 59.4 Å². The van der Waals surface area contributed by atoms with Gasteiger partial charge in [-0.25, -0.2) is 0 Å². The van der Waals surface area contributed by atoms with E-state index in [4.69, 9.17) is 4.74 Å². The molecule has 2 nitrogen and oxygen atoms in total. The van der Waals surface area contributed by atoms with Gasteiger partial charge in [-0.3, -0.25) is 4.90 Å². The molecule has 1 rings (SSSR count). The standard InChI is InChI=1S/C16H33NOS/c1-5-15(6-2)17(11-14(3)4)12-16(13-19)7-9-18-10-8-16/h14-15,19H,5-13H2,1-4H3. The van der Waals surface area contributed by atoms with Crippen LogP contribution in [0.3, 0.4) is 0 Å². The fourth-order valence-electron chi connectivity index (χ4n) is 3.22. The van der Waals surface area contributed by atoms with Gasteiger partial charge in [0, 0.05) is 32.3 Å². The van der Waals surface area contributed by atoms with Crippen molar-refractivity contribution in [1.82, 2.24) is 4.90 Å². The Hall–Kier alpha value is 0.270. The van der Waals surface area contributed by atoms with Gasteiger partial charge in [0.1, 0.15) is 0 Å². The summed E-state index contributed by atoms with van der Waals surface area (Å²) < 4.78 is 5.55. The fourth-order valence-corrected chi connectivity index (χ4v) is 3.63. The van der Waals surface area contributed by atoms with Crippen molar-refractivity contribution in [3.8, 4) is 0 Å². The lowest BCUT2D eigenvalue weighted by Gasteiger charge is -2.43. The first kappa shape index (κ1) is 17.3. The molecule has 0 unspecified atom stereocenters. The van der Waals surface area contributed by atoms with E-state index in [1.54, 1.807) is 0 Å². The van der Waals surface area contributed by atoms with Crippen LogP contribution >= 0.6 is 12.6 Å². The summed E-state index contributed by atoms with van der Waals surface area (Å²) in [6.07, 6.45) is 4.85. The van der Waals surface area contributed by atoms with Crippen molar-refractivity contribution in [2.24, 2.45) is 11.3 Å². The molecule has 3 heteroatoms. The minimum atomic E-state index is 0.374. The average Bonchev–Trinajstić information content (AvgIpc) is 2.40. The normalized spacial score (nSPS) is 19.6. The molecule has 0 radical (unpaired) electrons. The number of rotatable bonds is 8. The Morgan fingerprint density at radius 1 is 1.16 bits per heavy atom. The van der Waals surface area contributed by atoms with Crippen molar-refractivity contribution in [2.75, 3.05) is 32.1 Å². The molecule has 1 saturated heterocycles. The highest BCUT2D eigenvalue weighted by atomic mass is 32.1. The molecule has 0 bridgehead atoms. The quantitative estimate of drug-likeness (QED) is 0.681. The Labute approximate surface area is 125 Å². The van der Waals surface area contributed by atoms with E-state index in [9.17, 15) is 0 Å². The molecule has 0 saturated carbocycles. The van der Waals surface area contributed by atoms with Crippen LogP contribution in [-0.4, -0.2) is 43.0 Å². The van der Waals surface area contributed by atoms with Crippen LogP contribution in [0.15, 0.2) is 0 Å². The zero-order valence-corrected chi connectivity index (χ0v) is 14.2. The summed E-state index contributed by atoms with van der Waals surface area (Å²) in [5.74, 6) is 1.72. The lowest BCUT2D eigenvalue weighted by Crippen LogP contribution is -2.47. The van der Waals surface area contributed by atoms with Crippen LogP contribution in [0.2, 0.25) is 0 Å². The summed E-state index contributed by atoms with van der Waals surface area (Å²) in [5.41, 5.74) is 0.374. The molecule has 19 heavy (non-hydrogen) atoms. The number of hydrogen-bond acceptors (Lipinski definition) is 3. The zero-order chi connectivity index (χ0) is 14.3. The molecule has 0 spiro atoms. The summed E-state index contributed by atoms with van der Waals surface area (Å²) >= 11 is 4.66. The highest BCUT2D eigenvalue weighted by Gasteiger charge is 2.34. The summed E-state index contributed by atoms with van der Waals surface area (Å²) in [4.78, 5) is 2.73. The van der Waals surface area contributed by atoms with E-state index in [2.05, 4.69) is 45.2 Å². The molecular weight excluding hydrogens is 254 g/mol. The monoisotopic (exact) mass is 287 g/mol. The van der Waals surface area contributed by atoms with Crippen molar-refractivity contribution in [1.29, 1.82) is 0 Å². The Bertz CT molecular complexity index is 235. The van der Waals surface area contributed by atoms with Crippen molar-refractivity contribution < 1.29 is 4.74 Å². The van der Waals surface area contributed by atoms with E-state index < -0.39 is 0 Å². The molecule has 1 heterocycles. The van der Waals surface area contributed by atoms with E-state index in [0.29, 0.717) is 5.41 Å². The Morgan fingerprint density at radius 3 is 2.16 bits per heavy atom. The van der Waals surface area contributed by atoms with E-state index in [-0.39, 0.29) is 0 Å². The van der Waals surface area contributed by atoms with Gasteiger partial charge in [-0.05, 0) is 42.8 Å². The Kier molecular flexibility index (Phi) is 7.78. The van der Waals surface area contributed by atoms with Crippen LogP contribution < -0.4 is 0 Å². The first-order valence-corrected chi connectivity index (χ1v) is 8.62. The van der Waals surface area contributed by atoms with Crippen molar-refractivity contribution in [3.05, 3.63) is 0 Å². The lowest BCUT2D eigenvalue weighted by atomic mass is 9.81. The molecule has 1 fully saturated rings. The molecular formula is C16H33NOS. The SMILES string of the molecule is CCC(CC)N(CC(C)C)CC1(CS)CCOCC1. The molecule has 0 amide bonds. The van der Waals surface area contributed by atoms with E-state index in [1.807, 2.05) is 0 Å². The second kappa shape index (κ2) is 8.53. The molecule has 0 aliphatic carbocycles. The van der Waals surface area contributed by atoms with Gasteiger partial charge in [-0.2, -0.15) is 12.6 Å². The van der Waals surface area contributed by atoms with Gasteiger partial charge in [0.25, 0.3) is 0 Å². The van der Waals surface area contributed by atoms with E-state index in [1.165, 1.54) is 38.8 Å². The second-order valence-electron chi connectivity index (χ2n) is 6.56. The number of nitrogens with zero attached hydrogens (tertiary/aromatic N) is 1. The van der Waals surface area contributed by atoms with Gasteiger partial charge in [0.2, 0.25) is 0 Å². The van der Waals surface area contributed by atoms with Crippen LogP contribution in [0, 0.1) is 11.3 Å². The zero-order valence-electron chi connectivity index (χ0n) is 13.3. The molecule has 1 aliphatic rings.